The summed E-state index contributed by atoms with van der Waals surface area (Å²) in [6.07, 6.45) is 1.83. The van der Waals surface area contributed by atoms with E-state index < -0.39 is 0 Å². The SMILES string of the molecule is CN(C)C(=O)CCN(C)C1CCNC1. The highest BCUT2D eigenvalue weighted by molar-refractivity contribution is 5.75. The molecule has 4 nitrogen and oxygen atoms in total. The average molecular weight is 199 g/mol. The highest BCUT2D eigenvalue weighted by Gasteiger charge is 2.19. The van der Waals surface area contributed by atoms with Crippen molar-refractivity contribution in [3.8, 4) is 0 Å². The van der Waals surface area contributed by atoms with Gasteiger partial charge in [0.1, 0.15) is 0 Å². The van der Waals surface area contributed by atoms with Crippen LogP contribution in [0, 0.1) is 0 Å². The van der Waals surface area contributed by atoms with E-state index in [1.807, 2.05) is 0 Å². The van der Waals surface area contributed by atoms with Gasteiger partial charge in [-0.15, -0.1) is 0 Å². The third-order valence-electron chi connectivity index (χ3n) is 2.83. The summed E-state index contributed by atoms with van der Waals surface area (Å²) in [4.78, 5) is 15.3. The van der Waals surface area contributed by atoms with Crippen molar-refractivity contribution in [2.24, 2.45) is 0 Å². The van der Waals surface area contributed by atoms with Gasteiger partial charge in [-0.1, -0.05) is 0 Å². The molecule has 0 aromatic heterocycles. The van der Waals surface area contributed by atoms with Gasteiger partial charge in [0.15, 0.2) is 0 Å². The maximum Gasteiger partial charge on any atom is 0.223 e. The van der Waals surface area contributed by atoms with Crippen molar-refractivity contribution in [3.05, 3.63) is 0 Å². The number of hydrogen-bond donors (Lipinski definition) is 1. The van der Waals surface area contributed by atoms with Crippen LogP contribution in [0.2, 0.25) is 0 Å². The molecule has 82 valence electrons. The molecule has 0 aromatic carbocycles. The molecule has 1 aliphatic rings. The van der Waals surface area contributed by atoms with Gasteiger partial charge >= 0.3 is 0 Å². The summed E-state index contributed by atoms with van der Waals surface area (Å²) in [7, 11) is 5.71. The molecule has 0 aliphatic carbocycles. The molecular formula is C10H21N3O. The minimum atomic E-state index is 0.211. The Bertz CT molecular complexity index is 188. The maximum absolute atomic E-state index is 11.3. The van der Waals surface area contributed by atoms with Crippen LogP contribution in [0.4, 0.5) is 0 Å². The summed E-state index contributed by atoms with van der Waals surface area (Å²) < 4.78 is 0. The van der Waals surface area contributed by atoms with Crippen LogP contribution in [0.3, 0.4) is 0 Å². The van der Waals surface area contributed by atoms with E-state index in [1.54, 1.807) is 19.0 Å². The molecule has 4 heteroatoms. The third-order valence-corrected chi connectivity index (χ3v) is 2.83. The predicted molar refractivity (Wildman–Crippen MR) is 57.2 cm³/mol. The molecular weight excluding hydrogens is 178 g/mol. The lowest BCUT2D eigenvalue weighted by Gasteiger charge is -2.23. The molecule has 0 spiro atoms. The van der Waals surface area contributed by atoms with Crippen LogP contribution in [0.1, 0.15) is 12.8 Å². The maximum atomic E-state index is 11.3. The fraction of sp³-hybridized carbons (Fsp3) is 0.900. The van der Waals surface area contributed by atoms with Gasteiger partial charge in [0.05, 0.1) is 0 Å². The molecule has 0 aromatic rings. The lowest BCUT2D eigenvalue weighted by Crippen LogP contribution is -2.36. The summed E-state index contributed by atoms with van der Waals surface area (Å²) in [5.41, 5.74) is 0. The minimum absolute atomic E-state index is 0.211. The number of rotatable bonds is 4. The highest BCUT2D eigenvalue weighted by Crippen LogP contribution is 2.06. The van der Waals surface area contributed by atoms with Crippen molar-refractivity contribution in [1.29, 1.82) is 0 Å². The van der Waals surface area contributed by atoms with E-state index in [-0.39, 0.29) is 5.91 Å². The Labute approximate surface area is 86.2 Å². The van der Waals surface area contributed by atoms with Crippen LogP contribution in [-0.2, 0) is 4.79 Å². The number of amides is 1. The molecule has 0 radical (unpaired) electrons. The van der Waals surface area contributed by atoms with Gasteiger partial charge in [-0.25, -0.2) is 0 Å². The van der Waals surface area contributed by atoms with Gasteiger partial charge in [0.25, 0.3) is 0 Å². The van der Waals surface area contributed by atoms with Crippen molar-refractivity contribution in [3.63, 3.8) is 0 Å². The van der Waals surface area contributed by atoms with Crippen LogP contribution in [0.25, 0.3) is 0 Å². The van der Waals surface area contributed by atoms with Crippen molar-refractivity contribution in [2.45, 2.75) is 18.9 Å². The Morgan fingerprint density at radius 1 is 1.43 bits per heavy atom. The summed E-state index contributed by atoms with van der Waals surface area (Å²) in [5, 5.41) is 3.33. The second-order valence-corrected chi connectivity index (χ2v) is 4.17. The molecule has 1 N–H and O–H groups in total. The second-order valence-electron chi connectivity index (χ2n) is 4.17. The zero-order chi connectivity index (χ0) is 10.6. The zero-order valence-electron chi connectivity index (χ0n) is 9.42. The van der Waals surface area contributed by atoms with Crippen LogP contribution in [0.15, 0.2) is 0 Å². The van der Waals surface area contributed by atoms with E-state index in [9.17, 15) is 4.79 Å². The number of nitrogens with one attached hydrogen (secondary N) is 1. The normalized spacial score (nSPS) is 21.6. The quantitative estimate of drug-likeness (QED) is 0.678. The minimum Gasteiger partial charge on any atom is -0.349 e. The molecule has 1 heterocycles. The molecule has 1 fully saturated rings. The van der Waals surface area contributed by atoms with E-state index in [1.165, 1.54) is 6.42 Å². The number of carbonyl (C=O) groups excluding carboxylic acids is 1. The van der Waals surface area contributed by atoms with Crippen molar-refractivity contribution in [1.82, 2.24) is 15.1 Å². The number of likely N-dealkylation sites (N-methyl/N-ethyl adjacent to an activating group) is 1. The summed E-state index contributed by atoms with van der Waals surface area (Å²) in [5.74, 6) is 0.211. The Kier molecular flexibility index (Phi) is 4.35. The molecule has 1 rings (SSSR count). The number of nitrogens with zero attached hydrogens (tertiary/aromatic N) is 2. The lowest BCUT2D eigenvalue weighted by atomic mass is 10.2. The van der Waals surface area contributed by atoms with Gasteiger partial charge in [-0.3, -0.25) is 4.79 Å². The van der Waals surface area contributed by atoms with Gasteiger partial charge in [-0.05, 0) is 20.0 Å². The molecule has 0 bridgehead atoms. The second kappa shape index (κ2) is 5.32. The Morgan fingerprint density at radius 3 is 2.64 bits per heavy atom. The highest BCUT2D eigenvalue weighted by atomic mass is 16.2. The molecule has 0 saturated carbocycles. The molecule has 1 aliphatic heterocycles. The first-order valence-corrected chi connectivity index (χ1v) is 5.22. The molecule has 1 saturated heterocycles. The first-order valence-electron chi connectivity index (χ1n) is 5.22. The average Bonchev–Trinajstić information content (AvgIpc) is 2.66. The third kappa shape index (κ3) is 3.27. The molecule has 1 atom stereocenters. The Hall–Kier alpha value is -0.610. The standard InChI is InChI=1S/C10H21N3O/c1-12(2)10(14)5-7-13(3)9-4-6-11-8-9/h9,11H,4-8H2,1-3H3. The lowest BCUT2D eigenvalue weighted by molar-refractivity contribution is -0.129. The first kappa shape index (κ1) is 11.5. The first-order chi connectivity index (χ1) is 6.61. The van der Waals surface area contributed by atoms with E-state index in [2.05, 4.69) is 17.3 Å². The summed E-state index contributed by atoms with van der Waals surface area (Å²) >= 11 is 0. The van der Waals surface area contributed by atoms with Crippen LogP contribution in [0.5, 0.6) is 0 Å². The van der Waals surface area contributed by atoms with Crippen molar-refractivity contribution >= 4 is 5.91 Å². The van der Waals surface area contributed by atoms with Crippen molar-refractivity contribution < 1.29 is 4.79 Å². The Balaban J connectivity index is 2.20. The summed E-state index contributed by atoms with van der Waals surface area (Å²) in [6, 6.07) is 0.616. The van der Waals surface area contributed by atoms with E-state index in [0.29, 0.717) is 12.5 Å². The van der Waals surface area contributed by atoms with E-state index in [0.717, 1.165) is 19.6 Å². The number of carbonyl (C=O) groups is 1. The zero-order valence-corrected chi connectivity index (χ0v) is 9.42. The molecule has 1 unspecified atom stereocenters. The fourth-order valence-corrected chi connectivity index (χ4v) is 1.69. The molecule has 1 amide bonds. The van der Waals surface area contributed by atoms with Crippen LogP contribution < -0.4 is 5.32 Å². The predicted octanol–water partition coefficient (Wildman–Crippen LogP) is -0.242. The largest absolute Gasteiger partial charge is 0.349 e. The van der Waals surface area contributed by atoms with Gasteiger partial charge in [0, 0.05) is 39.6 Å². The van der Waals surface area contributed by atoms with E-state index >= 15 is 0 Å². The van der Waals surface area contributed by atoms with Gasteiger partial charge in [-0.2, -0.15) is 0 Å². The Morgan fingerprint density at radius 2 is 2.14 bits per heavy atom. The van der Waals surface area contributed by atoms with Gasteiger partial charge in [0.2, 0.25) is 5.91 Å². The van der Waals surface area contributed by atoms with E-state index in [4.69, 9.17) is 0 Å². The van der Waals surface area contributed by atoms with Crippen LogP contribution >= 0.6 is 0 Å². The van der Waals surface area contributed by atoms with Crippen LogP contribution in [-0.4, -0.2) is 62.5 Å². The smallest absolute Gasteiger partial charge is 0.223 e. The van der Waals surface area contributed by atoms with Gasteiger partial charge < -0.3 is 15.1 Å². The fourth-order valence-electron chi connectivity index (χ4n) is 1.69. The monoisotopic (exact) mass is 199 g/mol. The van der Waals surface area contributed by atoms with Crippen molar-refractivity contribution in [2.75, 3.05) is 40.8 Å². The molecule has 14 heavy (non-hydrogen) atoms. The topological polar surface area (TPSA) is 35.6 Å². The number of hydrogen-bond acceptors (Lipinski definition) is 3. The summed E-state index contributed by atoms with van der Waals surface area (Å²) in [6.45, 7) is 3.03.